The lowest BCUT2D eigenvalue weighted by Gasteiger charge is -2.25. The molecule has 1 aromatic rings. The van der Waals surface area contributed by atoms with E-state index in [0.717, 1.165) is 17.9 Å². The molecule has 2 fully saturated rings. The van der Waals surface area contributed by atoms with Crippen molar-refractivity contribution in [3.8, 4) is 0 Å². The van der Waals surface area contributed by atoms with Crippen LogP contribution in [0.1, 0.15) is 36.2 Å². The molecule has 23 heavy (non-hydrogen) atoms. The first-order valence-electron chi connectivity index (χ1n) is 7.50. The first-order chi connectivity index (χ1) is 10.9. The summed E-state index contributed by atoms with van der Waals surface area (Å²) in [4.78, 5) is 11.8. The van der Waals surface area contributed by atoms with Crippen molar-refractivity contribution in [3.05, 3.63) is 17.0 Å². The van der Waals surface area contributed by atoms with Crippen LogP contribution in [0.25, 0.3) is 0 Å². The van der Waals surface area contributed by atoms with E-state index in [0.29, 0.717) is 11.3 Å². The van der Waals surface area contributed by atoms with Gasteiger partial charge in [0.05, 0.1) is 12.3 Å². The third-order valence-corrected chi connectivity index (χ3v) is 8.17. The van der Waals surface area contributed by atoms with Gasteiger partial charge in [0.2, 0.25) is 0 Å². The number of carbonyl (C=O) groups excluding carboxylic acids is 1. The minimum atomic E-state index is -4.49. The van der Waals surface area contributed by atoms with Crippen LogP contribution in [0.15, 0.2) is 0 Å². The molecule has 9 heteroatoms. The number of thioether (sulfide) groups is 2. The van der Waals surface area contributed by atoms with E-state index in [-0.39, 0.29) is 29.1 Å². The third-order valence-electron chi connectivity index (χ3n) is 4.54. The molecule has 1 saturated heterocycles. The van der Waals surface area contributed by atoms with Gasteiger partial charge in [0, 0.05) is 17.1 Å². The van der Waals surface area contributed by atoms with Crippen molar-refractivity contribution in [3.63, 3.8) is 0 Å². The fourth-order valence-electron chi connectivity index (χ4n) is 3.74. The third kappa shape index (κ3) is 2.22. The van der Waals surface area contributed by atoms with Gasteiger partial charge in [-0.15, -0.1) is 23.5 Å². The second kappa shape index (κ2) is 5.08. The largest absolute Gasteiger partial charge is 0.465 e. The van der Waals surface area contributed by atoms with Crippen LogP contribution >= 0.6 is 23.5 Å². The summed E-state index contributed by atoms with van der Waals surface area (Å²) in [5, 5.41) is 3.79. The Morgan fingerprint density at radius 3 is 2.74 bits per heavy atom. The van der Waals surface area contributed by atoms with E-state index in [1.54, 1.807) is 30.4 Å². The molecule has 1 aliphatic heterocycles. The number of halogens is 3. The van der Waals surface area contributed by atoms with E-state index in [1.807, 2.05) is 0 Å². The summed E-state index contributed by atoms with van der Waals surface area (Å²) >= 11 is 3.41. The number of rotatable bonds is 3. The summed E-state index contributed by atoms with van der Waals surface area (Å²) in [6.45, 7) is 1.62. The number of nitrogens with zero attached hydrogens (tertiary/aromatic N) is 2. The van der Waals surface area contributed by atoms with Crippen LogP contribution in [0.2, 0.25) is 0 Å². The van der Waals surface area contributed by atoms with E-state index >= 15 is 0 Å². The van der Waals surface area contributed by atoms with Gasteiger partial charge in [0.15, 0.2) is 5.69 Å². The summed E-state index contributed by atoms with van der Waals surface area (Å²) in [7, 11) is 0. The molecule has 0 radical (unpaired) electrons. The highest BCUT2D eigenvalue weighted by Crippen LogP contribution is 2.76. The summed E-state index contributed by atoms with van der Waals surface area (Å²) in [6.07, 6.45) is -3.70. The van der Waals surface area contributed by atoms with Crippen molar-refractivity contribution >= 4 is 29.5 Å². The molecule has 4 nitrogen and oxygen atoms in total. The molecule has 3 aliphatic rings. The summed E-state index contributed by atoms with van der Waals surface area (Å²) in [5.74, 6) is 1.46. The summed E-state index contributed by atoms with van der Waals surface area (Å²) in [6, 6.07) is 0. The van der Waals surface area contributed by atoms with Crippen LogP contribution in [-0.4, -0.2) is 33.9 Å². The molecule has 0 aromatic carbocycles. The SMILES string of the molecule is CCOC(=O)Cn1nc(C(F)(F)F)c2c1C1(SCCS1)[C@@H]1C[C@H]21. The number of alkyl halides is 3. The maximum atomic E-state index is 13.4. The number of fused-ring (bicyclic) bond motifs is 5. The molecule has 126 valence electrons. The molecule has 1 aromatic heterocycles. The second-order valence-electron chi connectivity index (χ2n) is 5.88. The average molecular weight is 364 g/mol. The predicted molar refractivity (Wildman–Crippen MR) is 81.3 cm³/mol. The Morgan fingerprint density at radius 1 is 1.43 bits per heavy atom. The predicted octanol–water partition coefficient (Wildman–Crippen LogP) is 3.21. The lowest BCUT2D eigenvalue weighted by molar-refractivity contribution is -0.146. The molecule has 1 spiro atoms. The Hall–Kier alpha value is -0.830. The number of esters is 1. The van der Waals surface area contributed by atoms with Gasteiger partial charge in [-0.3, -0.25) is 9.48 Å². The number of hydrogen-bond acceptors (Lipinski definition) is 5. The number of hydrogen-bond donors (Lipinski definition) is 0. The minimum Gasteiger partial charge on any atom is -0.465 e. The Kier molecular flexibility index (Phi) is 3.46. The van der Waals surface area contributed by atoms with E-state index in [4.69, 9.17) is 4.74 Å². The standard InChI is InChI=1S/C14H15F3N2O2S2/c1-2-21-9(20)6-19-12-10(11(18-19)14(15,16)17)7-5-8(7)13(12)22-3-4-23-13/h7-8H,2-6H2,1H3/t7-,8+/m0/s1. The van der Waals surface area contributed by atoms with Crippen molar-refractivity contribution in [2.75, 3.05) is 18.1 Å². The molecular formula is C14H15F3N2O2S2. The fraction of sp³-hybridized carbons (Fsp3) is 0.714. The van der Waals surface area contributed by atoms with Crippen LogP contribution < -0.4 is 0 Å². The topological polar surface area (TPSA) is 44.1 Å². The first-order valence-corrected chi connectivity index (χ1v) is 9.47. The van der Waals surface area contributed by atoms with Gasteiger partial charge in [-0.05, 0) is 25.2 Å². The number of carbonyl (C=O) groups is 1. The van der Waals surface area contributed by atoms with Crippen molar-refractivity contribution in [1.29, 1.82) is 0 Å². The average Bonchev–Trinajstić information content (AvgIpc) is 2.86. The van der Waals surface area contributed by atoms with Crippen LogP contribution in [0.4, 0.5) is 13.2 Å². The summed E-state index contributed by atoms with van der Waals surface area (Å²) in [5.41, 5.74) is 0.120. The van der Waals surface area contributed by atoms with Gasteiger partial charge in [-0.25, -0.2) is 0 Å². The van der Waals surface area contributed by atoms with E-state index in [9.17, 15) is 18.0 Å². The van der Waals surface area contributed by atoms with Crippen molar-refractivity contribution in [1.82, 2.24) is 9.78 Å². The van der Waals surface area contributed by atoms with Gasteiger partial charge in [0.25, 0.3) is 0 Å². The summed E-state index contributed by atoms with van der Waals surface area (Å²) < 4.78 is 46.0. The van der Waals surface area contributed by atoms with Crippen molar-refractivity contribution in [2.45, 2.75) is 36.1 Å². The lowest BCUT2D eigenvalue weighted by Crippen LogP contribution is -2.24. The fourth-order valence-corrected chi connectivity index (χ4v) is 7.50. The smallest absolute Gasteiger partial charge is 0.435 e. The van der Waals surface area contributed by atoms with Gasteiger partial charge >= 0.3 is 12.1 Å². The normalized spacial score (nSPS) is 27.1. The highest BCUT2D eigenvalue weighted by Gasteiger charge is 2.67. The maximum absolute atomic E-state index is 13.4. The molecule has 2 atom stereocenters. The molecule has 0 N–H and O–H groups in total. The maximum Gasteiger partial charge on any atom is 0.435 e. The zero-order valence-corrected chi connectivity index (χ0v) is 14.0. The van der Waals surface area contributed by atoms with Gasteiger partial charge in [-0.1, -0.05) is 0 Å². The number of aromatic nitrogens is 2. The molecule has 4 rings (SSSR count). The quantitative estimate of drug-likeness (QED) is 0.771. The van der Waals surface area contributed by atoms with Gasteiger partial charge in [-0.2, -0.15) is 18.3 Å². The zero-order chi connectivity index (χ0) is 16.4. The van der Waals surface area contributed by atoms with Gasteiger partial charge in [0.1, 0.15) is 10.6 Å². The van der Waals surface area contributed by atoms with E-state index in [2.05, 4.69) is 5.10 Å². The Morgan fingerprint density at radius 2 is 2.13 bits per heavy atom. The monoisotopic (exact) mass is 364 g/mol. The minimum absolute atomic E-state index is 0.0596. The molecule has 0 bridgehead atoms. The van der Waals surface area contributed by atoms with Crippen LogP contribution in [0, 0.1) is 5.92 Å². The van der Waals surface area contributed by atoms with E-state index < -0.39 is 17.8 Å². The molecular weight excluding hydrogens is 349 g/mol. The Balaban J connectivity index is 1.82. The Labute approximate surface area is 139 Å². The molecule has 1 saturated carbocycles. The van der Waals surface area contributed by atoms with Crippen molar-refractivity contribution < 1.29 is 22.7 Å². The van der Waals surface area contributed by atoms with Crippen molar-refractivity contribution in [2.24, 2.45) is 5.92 Å². The highest BCUT2D eigenvalue weighted by molar-refractivity contribution is 8.20. The molecule has 2 aliphatic carbocycles. The first kappa shape index (κ1) is 15.7. The van der Waals surface area contributed by atoms with Crippen LogP contribution in [-0.2, 0) is 26.3 Å². The molecule has 2 heterocycles. The highest BCUT2D eigenvalue weighted by atomic mass is 32.2. The zero-order valence-electron chi connectivity index (χ0n) is 12.4. The van der Waals surface area contributed by atoms with Gasteiger partial charge < -0.3 is 4.74 Å². The number of ether oxygens (including phenoxy) is 1. The molecule has 0 amide bonds. The lowest BCUT2D eigenvalue weighted by atomic mass is 10.1. The van der Waals surface area contributed by atoms with Crippen LogP contribution in [0.3, 0.4) is 0 Å². The van der Waals surface area contributed by atoms with Crippen LogP contribution in [0.5, 0.6) is 0 Å². The Bertz CT molecular complexity index is 668. The second-order valence-corrected chi connectivity index (χ2v) is 8.82. The van der Waals surface area contributed by atoms with E-state index in [1.165, 1.54) is 4.68 Å². The molecule has 0 unspecified atom stereocenters.